The Kier molecular flexibility index (Phi) is 4.24. The standard InChI is InChI=1S/C21H19N3O3/c1-4-17(25)15-11-23-19-14(8-7-13-10-12(2)27-20(13)19)18(15)24-16-6-5-9-22-21(16)26-3/h5-11H,4H2,1-3H3,(H,23,24). The van der Waals surface area contributed by atoms with E-state index in [1.54, 1.807) is 19.5 Å². The number of benzene rings is 1. The van der Waals surface area contributed by atoms with E-state index < -0.39 is 0 Å². The number of furan rings is 1. The third-order valence-electron chi connectivity index (χ3n) is 4.49. The summed E-state index contributed by atoms with van der Waals surface area (Å²) in [4.78, 5) is 21.3. The molecule has 0 unspecified atom stereocenters. The maximum absolute atomic E-state index is 12.5. The van der Waals surface area contributed by atoms with Gasteiger partial charge in [0.2, 0.25) is 5.88 Å². The van der Waals surface area contributed by atoms with Gasteiger partial charge in [0.25, 0.3) is 0 Å². The van der Waals surface area contributed by atoms with Crippen LogP contribution in [0.1, 0.15) is 29.5 Å². The quantitative estimate of drug-likeness (QED) is 0.502. The van der Waals surface area contributed by atoms with Crippen LogP contribution in [0.25, 0.3) is 21.9 Å². The van der Waals surface area contributed by atoms with E-state index in [2.05, 4.69) is 15.3 Å². The van der Waals surface area contributed by atoms with Crippen LogP contribution in [-0.2, 0) is 0 Å². The van der Waals surface area contributed by atoms with Crippen molar-refractivity contribution in [2.24, 2.45) is 0 Å². The molecule has 0 aliphatic heterocycles. The van der Waals surface area contributed by atoms with E-state index in [-0.39, 0.29) is 5.78 Å². The zero-order valence-corrected chi connectivity index (χ0v) is 15.4. The lowest BCUT2D eigenvalue weighted by molar-refractivity contribution is 0.0988. The number of fused-ring (bicyclic) bond motifs is 3. The number of hydrogen-bond acceptors (Lipinski definition) is 6. The lowest BCUT2D eigenvalue weighted by atomic mass is 10.0. The highest BCUT2D eigenvalue weighted by molar-refractivity contribution is 6.13. The summed E-state index contributed by atoms with van der Waals surface area (Å²) in [7, 11) is 1.56. The van der Waals surface area contributed by atoms with Crippen LogP contribution in [0.2, 0.25) is 0 Å². The van der Waals surface area contributed by atoms with Gasteiger partial charge in [0, 0.05) is 29.6 Å². The number of anilines is 2. The van der Waals surface area contributed by atoms with Gasteiger partial charge < -0.3 is 14.5 Å². The Morgan fingerprint density at radius 3 is 2.89 bits per heavy atom. The molecule has 6 nitrogen and oxygen atoms in total. The molecule has 1 N–H and O–H groups in total. The van der Waals surface area contributed by atoms with Crippen LogP contribution in [0.15, 0.2) is 47.1 Å². The fourth-order valence-electron chi connectivity index (χ4n) is 3.21. The normalized spacial score (nSPS) is 11.1. The SMILES string of the molecule is CCC(=O)c1cnc2c(ccc3cc(C)oc32)c1Nc1cccnc1OC. The molecular weight excluding hydrogens is 342 g/mol. The van der Waals surface area contributed by atoms with Gasteiger partial charge in [0.15, 0.2) is 11.4 Å². The Balaban J connectivity index is 1.99. The van der Waals surface area contributed by atoms with Crippen molar-refractivity contribution in [1.29, 1.82) is 0 Å². The summed E-state index contributed by atoms with van der Waals surface area (Å²) in [5.41, 5.74) is 3.29. The lowest BCUT2D eigenvalue weighted by Crippen LogP contribution is -2.06. The molecule has 4 rings (SSSR count). The van der Waals surface area contributed by atoms with Gasteiger partial charge in [0.1, 0.15) is 17.0 Å². The van der Waals surface area contributed by atoms with Gasteiger partial charge in [0.05, 0.1) is 18.4 Å². The van der Waals surface area contributed by atoms with E-state index in [9.17, 15) is 4.79 Å². The Bertz CT molecular complexity index is 1160. The van der Waals surface area contributed by atoms with Crippen LogP contribution in [0, 0.1) is 6.92 Å². The molecule has 27 heavy (non-hydrogen) atoms. The Hall–Kier alpha value is -3.41. The number of carbonyl (C=O) groups excluding carboxylic acids is 1. The smallest absolute Gasteiger partial charge is 0.237 e. The number of rotatable bonds is 5. The summed E-state index contributed by atoms with van der Waals surface area (Å²) >= 11 is 0. The summed E-state index contributed by atoms with van der Waals surface area (Å²) in [5, 5.41) is 5.12. The van der Waals surface area contributed by atoms with Gasteiger partial charge >= 0.3 is 0 Å². The van der Waals surface area contributed by atoms with Gasteiger partial charge in [-0.15, -0.1) is 0 Å². The number of aromatic nitrogens is 2. The van der Waals surface area contributed by atoms with Crippen molar-refractivity contribution in [3.05, 3.63) is 54.0 Å². The molecule has 0 radical (unpaired) electrons. The van der Waals surface area contributed by atoms with E-state index in [4.69, 9.17) is 9.15 Å². The predicted octanol–water partition coefficient (Wildman–Crippen LogP) is 5.03. The van der Waals surface area contributed by atoms with E-state index in [0.717, 1.165) is 16.5 Å². The first kappa shape index (κ1) is 17.0. The van der Waals surface area contributed by atoms with Crippen molar-refractivity contribution in [3.63, 3.8) is 0 Å². The summed E-state index contributed by atoms with van der Waals surface area (Å²) < 4.78 is 11.2. The highest BCUT2D eigenvalue weighted by Crippen LogP contribution is 2.36. The van der Waals surface area contributed by atoms with Crippen molar-refractivity contribution in [2.75, 3.05) is 12.4 Å². The Morgan fingerprint density at radius 1 is 1.26 bits per heavy atom. The number of hydrogen-bond donors (Lipinski definition) is 1. The zero-order valence-electron chi connectivity index (χ0n) is 15.4. The summed E-state index contributed by atoms with van der Waals surface area (Å²) in [6, 6.07) is 9.56. The number of carbonyl (C=O) groups is 1. The molecule has 3 aromatic heterocycles. The average molecular weight is 361 g/mol. The van der Waals surface area contributed by atoms with E-state index in [1.165, 1.54) is 0 Å². The predicted molar refractivity (Wildman–Crippen MR) is 105 cm³/mol. The summed E-state index contributed by atoms with van der Waals surface area (Å²) in [6.07, 6.45) is 3.65. The minimum absolute atomic E-state index is 0.00507. The molecule has 0 bridgehead atoms. The van der Waals surface area contributed by atoms with E-state index >= 15 is 0 Å². The molecule has 0 fully saturated rings. The first-order valence-corrected chi connectivity index (χ1v) is 8.73. The molecular formula is C21H19N3O3. The fourth-order valence-corrected chi connectivity index (χ4v) is 3.21. The highest BCUT2D eigenvalue weighted by Gasteiger charge is 2.18. The lowest BCUT2D eigenvalue weighted by Gasteiger charge is -2.15. The second-order valence-corrected chi connectivity index (χ2v) is 6.25. The molecule has 136 valence electrons. The molecule has 0 saturated carbocycles. The first-order chi connectivity index (χ1) is 13.1. The van der Waals surface area contributed by atoms with Gasteiger partial charge in [-0.3, -0.25) is 9.78 Å². The minimum atomic E-state index is 0.00507. The molecule has 1 aromatic carbocycles. The second-order valence-electron chi connectivity index (χ2n) is 6.25. The van der Waals surface area contributed by atoms with Crippen molar-refractivity contribution in [2.45, 2.75) is 20.3 Å². The van der Waals surface area contributed by atoms with Gasteiger partial charge in [-0.1, -0.05) is 13.0 Å². The zero-order chi connectivity index (χ0) is 19.0. The number of ether oxygens (including phenoxy) is 1. The summed E-state index contributed by atoms with van der Waals surface area (Å²) in [5.74, 6) is 1.27. The molecule has 6 heteroatoms. The number of methoxy groups -OCH3 is 1. The largest absolute Gasteiger partial charge is 0.480 e. The molecule has 0 spiro atoms. The Morgan fingerprint density at radius 2 is 2.11 bits per heavy atom. The number of ketones is 1. The third-order valence-corrected chi connectivity index (χ3v) is 4.49. The number of nitrogens with one attached hydrogen (secondary N) is 1. The molecule has 0 aliphatic rings. The number of aryl methyl sites for hydroxylation is 1. The molecule has 0 aliphatic carbocycles. The van der Waals surface area contributed by atoms with Crippen molar-refractivity contribution in [1.82, 2.24) is 9.97 Å². The van der Waals surface area contributed by atoms with Gasteiger partial charge in [-0.05, 0) is 31.2 Å². The number of Topliss-reactive ketones (excluding diaryl/α,β-unsaturated/α-hetero) is 1. The topological polar surface area (TPSA) is 77.3 Å². The van der Waals surface area contributed by atoms with Crippen LogP contribution in [0.5, 0.6) is 5.88 Å². The van der Waals surface area contributed by atoms with Crippen LogP contribution >= 0.6 is 0 Å². The molecule has 0 atom stereocenters. The first-order valence-electron chi connectivity index (χ1n) is 8.73. The molecule has 0 saturated heterocycles. The van der Waals surface area contributed by atoms with Crippen LogP contribution in [0.3, 0.4) is 0 Å². The third kappa shape index (κ3) is 2.89. The minimum Gasteiger partial charge on any atom is -0.480 e. The average Bonchev–Trinajstić information content (AvgIpc) is 3.08. The Labute approximate surface area is 156 Å². The highest BCUT2D eigenvalue weighted by atomic mass is 16.5. The van der Waals surface area contributed by atoms with Crippen LogP contribution < -0.4 is 10.1 Å². The van der Waals surface area contributed by atoms with Crippen LogP contribution in [-0.4, -0.2) is 22.9 Å². The monoisotopic (exact) mass is 361 g/mol. The van der Waals surface area contributed by atoms with Crippen molar-refractivity contribution in [3.8, 4) is 5.88 Å². The van der Waals surface area contributed by atoms with Gasteiger partial charge in [-0.2, -0.15) is 0 Å². The molecule has 0 amide bonds. The maximum Gasteiger partial charge on any atom is 0.237 e. The summed E-state index contributed by atoms with van der Waals surface area (Å²) in [6.45, 7) is 3.74. The maximum atomic E-state index is 12.5. The number of pyridine rings is 2. The van der Waals surface area contributed by atoms with Crippen molar-refractivity contribution >= 4 is 39.0 Å². The van der Waals surface area contributed by atoms with Crippen molar-refractivity contribution < 1.29 is 13.9 Å². The van der Waals surface area contributed by atoms with Crippen LogP contribution in [0.4, 0.5) is 11.4 Å². The molecule has 3 heterocycles. The fraction of sp³-hybridized carbons (Fsp3) is 0.190. The van der Waals surface area contributed by atoms with Gasteiger partial charge in [-0.25, -0.2) is 4.98 Å². The number of nitrogens with zero attached hydrogens (tertiary/aromatic N) is 2. The van der Waals surface area contributed by atoms with E-state index in [0.29, 0.717) is 40.3 Å². The second kappa shape index (κ2) is 6.72. The van der Waals surface area contributed by atoms with E-state index in [1.807, 2.05) is 44.2 Å². The molecule has 4 aromatic rings.